The number of nitrogens with zero attached hydrogens (tertiary/aromatic N) is 3. The van der Waals surface area contributed by atoms with Gasteiger partial charge >= 0.3 is 0 Å². The highest BCUT2D eigenvalue weighted by Crippen LogP contribution is 2.32. The molecule has 2 fully saturated rings. The Bertz CT molecular complexity index is 816. The fourth-order valence-electron chi connectivity index (χ4n) is 4.55. The number of amides is 1. The highest BCUT2D eigenvalue weighted by Gasteiger charge is 2.36. The second-order valence-electron chi connectivity index (χ2n) is 8.11. The van der Waals surface area contributed by atoms with Gasteiger partial charge in [-0.15, -0.1) is 0 Å². The predicted octanol–water partition coefficient (Wildman–Crippen LogP) is 2.83. The number of ether oxygens (including phenoxy) is 1. The molecule has 6 heteroatoms. The Balaban J connectivity index is 1.56. The largest absolute Gasteiger partial charge is 0.364 e. The van der Waals surface area contributed by atoms with Crippen molar-refractivity contribution in [2.45, 2.75) is 63.7 Å². The lowest BCUT2D eigenvalue weighted by atomic mass is 9.96. The van der Waals surface area contributed by atoms with E-state index < -0.39 is 0 Å². The Labute approximate surface area is 160 Å². The number of benzene rings is 1. The molecule has 2 aliphatic heterocycles. The number of fused-ring (bicyclic) bond motifs is 1. The molecule has 0 bridgehead atoms. The van der Waals surface area contributed by atoms with Crippen molar-refractivity contribution in [1.29, 1.82) is 0 Å². The first-order valence-electron chi connectivity index (χ1n) is 10.2. The summed E-state index contributed by atoms with van der Waals surface area (Å²) in [4.78, 5) is 19.9. The van der Waals surface area contributed by atoms with E-state index in [0.717, 1.165) is 50.1 Å². The molecule has 0 spiro atoms. The molecule has 4 rings (SSSR count). The van der Waals surface area contributed by atoms with Gasteiger partial charge < -0.3 is 19.9 Å². The van der Waals surface area contributed by atoms with Crippen LogP contribution in [0.3, 0.4) is 0 Å². The first kappa shape index (κ1) is 18.4. The quantitative estimate of drug-likeness (QED) is 0.898. The van der Waals surface area contributed by atoms with E-state index in [4.69, 9.17) is 15.5 Å². The Morgan fingerprint density at radius 2 is 2.11 bits per heavy atom. The Morgan fingerprint density at radius 1 is 1.30 bits per heavy atom. The van der Waals surface area contributed by atoms with Gasteiger partial charge in [-0.2, -0.15) is 0 Å². The summed E-state index contributed by atoms with van der Waals surface area (Å²) >= 11 is 0. The Hall–Kier alpha value is -1.92. The van der Waals surface area contributed by atoms with Crippen molar-refractivity contribution in [3.05, 3.63) is 30.1 Å². The molecule has 27 heavy (non-hydrogen) atoms. The van der Waals surface area contributed by atoms with Crippen LogP contribution in [0.25, 0.3) is 11.0 Å². The molecule has 1 aromatic heterocycles. The van der Waals surface area contributed by atoms with Crippen molar-refractivity contribution in [3.8, 4) is 0 Å². The highest BCUT2D eigenvalue weighted by atomic mass is 16.5. The number of piperidine rings is 1. The van der Waals surface area contributed by atoms with Gasteiger partial charge in [0, 0.05) is 31.6 Å². The minimum atomic E-state index is -0.318. The number of para-hydroxylation sites is 2. The van der Waals surface area contributed by atoms with Crippen molar-refractivity contribution in [1.82, 2.24) is 14.5 Å². The van der Waals surface area contributed by atoms with Gasteiger partial charge in [0.2, 0.25) is 0 Å². The monoisotopic (exact) mass is 370 g/mol. The highest BCUT2D eigenvalue weighted by molar-refractivity contribution is 5.81. The molecule has 6 nitrogen and oxygen atoms in total. The molecule has 2 aliphatic rings. The number of rotatable bonds is 4. The minimum absolute atomic E-state index is 0.0321. The van der Waals surface area contributed by atoms with Crippen LogP contribution in [0.5, 0.6) is 0 Å². The molecule has 2 aromatic rings. The molecule has 1 amide bonds. The van der Waals surface area contributed by atoms with Gasteiger partial charge in [0.15, 0.2) is 0 Å². The Morgan fingerprint density at radius 3 is 2.85 bits per heavy atom. The molecule has 0 saturated carbocycles. The summed E-state index contributed by atoms with van der Waals surface area (Å²) < 4.78 is 8.18. The third kappa shape index (κ3) is 3.48. The van der Waals surface area contributed by atoms with Crippen molar-refractivity contribution in [3.63, 3.8) is 0 Å². The maximum absolute atomic E-state index is 13.0. The lowest BCUT2D eigenvalue weighted by Gasteiger charge is -2.34. The second-order valence-corrected chi connectivity index (χ2v) is 8.11. The van der Waals surface area contributed by atoms with Gasteiger partial charge in [0.25, 0.3) is 5.91 Å². The lowest BCUT2D eigenvalue weighted by Crippen LogP contribution is -2.45. The summed E-state index contributed by atoms with van der Waals surface area (Å²) in [5.41, 5.74) is 7.91. The number of hydrogen-bond donors (Lipinski definition) is 1. The normalized spacial score (nSPS) is 26.2. The number of hydrogen-bond acceptors (Lipinski definition) is 4. The van der Waals surface area contributed by atoms with Crippen LogP contribution >= 0.6 is 0 Å². The molecule has 0 radical (unpaired) electrons. The first-order valence-corrected chi connectivity index (χ1v) is 10.2. The third-order valence-electron chi connectivity index (χ3n) is 5.88. The smallest absolute Gasteiger partial charge is 0.251 e. The summed E-state index contributed by atoms with van der Waals surface area (Å²) in [7, 11) is 0. The maximum atomic E-state index is 13.0. The van der Waals surface area contributed by atoms with Crippen LogP contribution in [0.2, 0.25) is 0 Å². The van der Waals surface area contributed by atoms with Crippen LogP contribution in [0.1, 0.15) is 57.3 Å². The van der Waals surface area contributed by atoms with Crippen LogP contribution in [0.15, 0.2) is 24.3 Å². The van der Waals surface area contributed by atoms with Gasteiger partial charge in [-0.3, -0.25) is 4.79 Å². The number of imidazole rings is 1. The topological polar surface area (TPSA) is 73.4 Å². The second kappa shape index (κ2) is 7.60. The van der Waals surface area contributed by atoms with Gasteiger partial charge in [-0.25, -0.2) is 4.98 Å². The van der Waals surface area contributed by atoms with Crippen LogP contribution in [-0.4, -0.2) is 52.2 Å². The molecule has 0 aliphatic carbocycles. The fourth-order valence-corrected chi connectivity index (χ4v) is 4.55. The summed E-state index contributed by atoms with van der Waals surface area (Å²) in [6, 6.07) is 8.64. The van der Waals surface area contributed by atoms with Gasteiger partial charge in [-0.1, -0.05) is 12.1 Å². The number of nitrogens with two attached hydrogens (primary N) is 1. The molecule has 1 aromatic carbocycles. The number of likely N-dealkylation sites (tertiary alicyclic amines) is 1. The van der Waals surface area contributed by atoms with E-state index in [1.807, 2.05) is 11.0 Å². The molecule has 2 saturated heterocycles. The number of carbonyl (C=O) groups excluding carboxylic acids is 1. The molecule has 146 valence electrons. The van der Waals surface area contributed by atoms with E-state index in [-0.39, 0.29) is 24.0 Å². The van der Waals surface area contributed by atoms with E-state index in [0.29, 0.717) is 12.6 Å². The van der Waals surface area contributed by atoms with Gasteiger partial charge in [0.05, 0.1) is 17.1 Å². The number of aromatic nitrogens is 2. The van der Waals surface area contributed by atoms with Crippen molar-refractivity contribution < 1.29 is 9.53 Å². The van der Waals surface area contributed by atoms with Crippen LogP contribution in [0, 0.1) is 0 Å². The summed E-state index contributed by atoms with van der Waals surface area (Å²) in [6.45, 7) is 6.42. The van der Waals surface area contributed by atoms with Crippen molar-refractivity contribution >= 4 is 16.9 Å². The van der Waals surface area contributed by atoms with Crippen LogP contribution < -0.4 is 5.73 Å². The lowest BCUT2D eigenvalue weighted by molar-refractivity contribution is -0.144. The standard InChI is InChI=1S/C21H30N4O2/c1-14(2)25-18-8-4-3-7-17(18)23-20(25)15-6-5-11-24(13-15)21(26)19-10-9-16(12-22)27-19/h3-4,7-8,14-16,19H,5-6,9-13,22H2,1-2H3/t15?,16-,19+/m1/s1. The van der Waals surface area contributed by atoms with Crippen molar-refractivity contribution in [2.24, 2.45) is 5.73 Å². The van der Waals surface area contributed by atoms with Crippen LogP contribution in [0.4, 0.5) is 0 Å². The molecule has 2 N–H and O–H groups in total. The van der Waals surface area contributed by atoms with Crippen molar-refractivity contribution in [2.75, 3.05) is 19.6 Å². The van der Waals surface area contributed by atoms with E-state index in [1.165, 1.54) is 5.52 Å². The van der Waals surface area contributed by atoms with E-state index in [1.54, 1.807) is 0 Å². The van der Waals surface area contributed by atoms with E-state index >= 15 is 0 Å². The zero-order chi connectivity index (χ0) is 19.0. The van der Waals surface area contributed by atoms with E-state index in [9.17, 15) is 4.79 Å². The average Bonchev–Trinajstić information content (AvgIpc) is 3.32. The molecule has 3 heterocycles. The van der Waals surface area contributed by atoms with E-state index in [2.05, 4.69) is 36.6 Å². The fraction of sp³-hybridized carbons (Fsp3) is 0.619. The summed E-state index contributed by atoms with van der Waals surface area (Å²) in [5.74, 6) is 1.50. The SMILES string of the molecule is CC(C)n1c(C2CCCN(C(=O)[C@@H]3CC[C@H](CN)O3)C2)nc2ccccc21. The predicted molar refractivity (Wildman–Crippen MR) is 106 cm³/mol. The minimum Gasteiger partial charge on any atom is -0.364 e. The molecular formula is C21H30N4O2. The van der Waals surface area contributed by atoms with Crippen LogP contribution in [-0.2, 0) is 9.53 Å². The summed E-state index contributed by atoms with van der Waals surface area (Å²) in [5, 5.41) is 0. The summed E-state index contributed by atoms with van der Waals surface area (Å²) in [6.07, 6.45) is 3.45. The molecule has 3 atom stereocenters. The average molecular weight is 370 g/mol. The zero-order valence-electron chi connectivity index (χ0n) is 16.3. The third-order valence-corrected chi connectivity index (χ3v) is 5.88. The Kier molecular flexibility index (Phi) is 5.19. The van der Waals surface area contributed by atoms with Gasteiger partial charge in [0.1, 0.15) is 11.9 Å². The first-order chi connectivity index (χ1) is 13.1. The maximum Gasteiger partial charge on any atom is 0.251 e. The zero-order valence-corrected chi connectivity index (χ0v) is 16.3. The van der Waals surface area contributed by atoms with Gasteiger partial charge in [-0.05, 0) is 51.7 Å². The number of carbonyl (C=O) groups is 1. The molecular weight excluding hydrogens is 340 g/mol. The molecule has 1 unspecified atom stereocenters.